The van der Waals surface area contributed by atoms with Gasteiger partial charge in [-0.2, -0.15) is 4.68 Å². The van der Waals surface area contributed by atoms with Crippen molar-refractivity contribution < 1.29 is 4.84 Å². The quantitative estimate of drug-likeness (QED) is 0.651. The number of nitrogens with one attached hydrogen (secondary N) is 2. The summed E-state index contributed by atoms with van der Waals surface area (Å²) >= 11 is 0. The van der Waals surface area contributed by atoms with Gasteiger partial charge in [0.15, 0.2) is 0 Å². The summed E-state index contributed by atoms with van der Waals surface area (Å²) in [6.45, 7) is 5.92. The zero-order chi connectivity index (χ0) is 10.6. The summed E-state index contributed by atoms with van der Waals surface area (Å²) < 4.78 is 1.15. The van der Waals surface area contributed by atoms with E-state index < -0.39 is 0 Å². The van der Waals surface area contributed by atoms with Gasteiger partial charge < -0.3 is 0 Å². The first kappa shape index (κ1) is 10.5. The van der Waals surface area contributed by atoms with Crippen LogP contribution in [0.3, 0.4) is 0 Å². The van der Waals surface area contributed by atoms with Crippen molar-refractivity contribution >= 4 is 5.70 Å². The third kappa shape index (κ3) is 2.19. The third-order valence-corrected chi connectivity index (χ3v) is 1.70. The molecule has 78 valence electrons. The van der Waals surface area contributed by atoms with E-state index >= 15 is 0 Å². The van der Waals surface area contributed by atoms with Gasteiger partial charge in [-0.15, -0.1) is 0 Å². The van der Waals surface area contributed by atoms with Gasteiger partial charge in [-0.1, -0.05) is 0 Å². The lowest BCUT2D eigenvalue weighted by Crippen LogP contribution is -2.21. The van der Waals surface area contributed by atoms with Crippen molar-refractivity contribution in [2.75, 3.05) is 6.61 Å². The van der Waals surface area contributed by atoms with E-state index in [-0.39, 0.29) is 5.69 Å². The van der Waals surface area contributed by atoms with Crippen LogP contribution in [0.4, 0.5) is 0 Å². The topological polar surface area (TPSA) is 84.8 Å². The Morgan fingerprint density at radius 3 is 2.86 bits per heavy atom. The van der Waals surface area contributed by atoms with E-state index in [4.69, 9.17) is 4.84 Å². The fourth-order valence-electron chi connectivity index (χ4n) is 0.830. The second-order valence-corrected chi connectivity index (χ2v) is 2.66. The van der Waals surface area contributed by atoms with Gasteiger partial charge in [0.2, 0.25) is 0 Å². The lowest BCUT2D eigenvalue weighted by atomic mass is 10.4. The molecule has 0 fully saturated rings. The van der Waals surface area contributed by atoms with Gasteiger partial charge in [0.05, 0.1) is 18.0 Å². The number of aromatic amines is 1. The van der Waals surface area contributed by atoms with Crippen molar-refractivity contribution in [2.24, 2.45) is 0 Å². The minimum atomic E-state index is -0.375. The minimum absolute atomic E-state index is 0.375. The first-order valence-electron chi connectivity index (χ1n) is 4.22. The van der Waals surface area contributed by atoms with Crippen LogP contribution in [0.5, 0.6) is 0 Å². The Bertz CT molecular complexity index is 377. The third-order valence-electron chi connectivity index (χ3n) is 1.70. The van der Waals surface area contributed by atoms with Gasteiger partial charge in [0.1, 0.15) is 0 Å². The van der Waals surface area contributed by atoms with Crippen LogP contribution in [-0.4, -0.2) is 26.8 Å². The molecule has 0 saturated heterocycles. The maximum atomic E-state index is 11.1. The van der Waals surface area contributed by atoms with Crippen LogP contribution in [-0.2, 0) is 4.84 Å². The zero-order valence-electron chi connectivity index (χ0n) is 8.37. The van der Waals surface area contributed by atoms with E-state index in [1.165, 1.54) is 0 Å². The molecule has 1 rings (SSSR count). The second kappa shape index (κ2) is 4.56. The number of hydrogen-bond acceptors (Lipinski definition) is 5. The number of allylic oxidation sites excluding steroid dienone is 2. The Labute approximate surface area is 80.7 Å². The Morgan fingerprint density at radius 2 is 2.36 bits per heavy atom. The normalized spacial score (nSPS) is 12.5. The van der Waals surface area contributed by atoms with Crippen molar-refractivity contribution in [3.63, 3.8) is 0 Å². The Kier molecular flexibility index (Phi) is 3.41. The fraction of sp³-hybridized carbons (Fsp3) is 0.571. The van der Waals surface area contributed by atoms with E-state index in [1.54, 1.807) is 13.8 Å². The smallest absolute Gasteiger partial charge is 0.277 e. The highest BCUT2D eigenvalue weighted by Crippen LogP contribution is 2.01. The maximum Gasteiger partial charge on any atom is 0.365 e. The SMILES string of the molecule is CCONC(C)=C(C)n1nn[nH]c1=O. The van der Waals surface area contributed by atoms with Gasteiger partial charge in [-0.05, 0) is 31.2 Å². The minimum Gasteiger partial charge on any atom is -0.277 e. The predicted octanol–water partition coefficient (Wildman–Crippen LogP) is -0.284. The summed E-state index contributed by atoms with van der Waals surface area (Å²) in [6.07, 6.45) is 0. The average molecular weight is 199 g/mol. The molecule has 0 radical (unpaired) electrons. The molecule has 0 atom stereocenters. The van der Waals surface area contributed by atoms with Crippen LogP contribution in [0.1, 0.15) is 20.8 Å². The Balaban J connectivity index is 2.87. The van der Waals surface area contributed by atoms with Gasteiger partial charge in [-0.25, -0.2) is 9.89 Å². The van der Waals surface area contributed by atoms with Gasteiger partial charge in [0.25, 0.3) is 0 Å². The van der Waals surface area contributed by atoms with Gasteiger partial charge in [-0.3, -0.25) is 10.3 Å². The molecule has 1 aromatic heterocycles. The van der Waals surface area contributed by atoms with Gasteiger partial charge in [0, 0.05) is 0 Å². The lowest BCUT2D eigenvalue weighted by molar-refractivity contribution is 0.0738. The molecule has 1 aromatic rings. The summed E-state index contributed by atoms with van der Waals surface area (Å²) in [7, 11) is 0. The van der Waals surface area contributed by atoms with Crippen LogP contribution >= 0.6 is 0 Å². The molecule has 0 aliphatic rings. The summed E-state index contributed by atoms with van der Waals surface area (Å²) in [4.78, 5) is 16.1. The van der Waals surface area contributed by atoms with Gasteiger partial charge >= 0.3 is 5.69 Å². The maximum absolute atomic E-state index is 11.1. The largest absolute Gasteiger partial charge is 0.365 e. The summed E-state index contributed by atoms with van der Waals surface area (Å²) in [5.41, 5.74) is 3.66. The number of nitrogens with zero attached hydrogens (tertiary/aromatic N) is 3. The molecule has 14 heavy (non-hydrogen) atoms. The molecular formula is C7H13N5O2. The van der Waals surface area contributed by atoms with Crippen molar-refractivity contribution in [3.05, 3.63) is 16.2 Å². The predicted molar refractivity (Wildman–Crippen MR) is 50.0 cm³/mol. The molecule has 0 unspecified atom stereocenters. The molecule has 2 N–H and O–H groups in total. The number of rotatable bonds is 4. The molecule has 0 aliphatic heterocycles. The van der Waals surface area contributed by atoms with E-state index in [0.717, 1.165) is 4.68 Å². The second-order valence-electron chi connectivity index (χ2n) is 2.66. The van der Waals surface area contributed by atoms with E-state index in [2.05, 4.69) is 21.0 Å². The first-order chi connectivity index (χ1) is 6.66. The number of hydroxylamine groups is 1. The molecule has 0 spiro atoms. The molecule has 1 heterocycles. The standard InChI is InChI=1S/C7H13N5O2/c1-4-14-9-5(2)6(3)12-7(13)8-10-11-12/h9H,4H2,1-3H3,(H,8,11,13). The molecule has 0 saturated carbocycles. The highest BCUT2D eigenvalue weighted by molar-refractivity contribution is 5.43. The summed E-state index contributed by atoms with van der Waals surface area (Å²) in [5.74, 6) is 0. The number of hydrogen-bond donors (Lipinski definition) is 2. The van der Waals surface area contributed by atoms with Crippen LogP contribution in [0.25, 0.3) is 5.70 Å². The summed E-state index contributed by atoms with van der Waals surface area (Å²) in [5, 5.41) is 9.17. The Morgan fingerprint density at radius 1 is 1.64 bits per heavy atom. The zero-order valence-corrected chi connectivity index (χ0v) is 8.37. The fourth-order valence-corrected chi connectivity index (χ4v) is 0.830. The number of H-pyrrole nitrogens is 1. The van der Waals surface area contributed by atoms with Crippen LogP contribution in [0.15, 0.2) is 10.5 Å². The van der Waals surface area contributed by atoms with Crippen LogP contribution < -0.4 is 11.2 Å². The average Bonchev–Trinajstić information content (AvgIpc) is 2.59. The van der Waals surface area contributed by atoms with E-state index in [0.29, 0.717) is 18.0 Å². The molecule has 0 amide bonds. The molecule has 0 aromatic carbocycles. The van der Waals surface area contributed by atoms with E-state index in [9.17, 15) is 4.79 Å². The van der Waals surface area contributed by atoms with Crippen molar-refractivity contribution in [2.45, 2.75) is 20.8 Å². The Hall–Kier alpha value is -1.63. The summed E-state index contributed by atoms with van der Waals surface area (Å²) in [6, 6.07) is 0. The highest BCUT2D eigenvalue weighted by atomic mass is 16.6. The number of tetrazole rings is 1. The van der Waals surface area contributed by atoms with Crippen molar-refractivity contribution in [3.8, 4) is 0 Å². The monoisotopic (exact) mass is 199 g/mol. The van der Waals surface area contributed by atoms with Crippen molar-refractivity contribution in [1.29, 1.82) is 0 Å². The molecule has 0 bridgehead atoms. The molecule has 7 nitrogen and oxygen atoms in total. The molecule has 7 heteroatoms. The number of aromatic nitrogens is 4. The van der Waals surface area contributed by atoms with Crippen molar-refractivity contribution in [1.82, 2.24) is 25.7 Å². The molecule has 0 aliphatic carbocycles. The van der Waals surface area contributed by atoms with E-state index in [1.807, 2.05) is 6.92 Å². The van der Waals surface area contributed by atoms with Crippen LogP contribution in [0.2, 0.25) is 0 Å². The van der Waals surface area contributed by atoms with Crippen LogP contribution in [0, 0.1) is 0 Å². The molecular weight excluding hydrogens is 186 g/mol. The first-order valence-corrected chi connectivity index (χ1v) is 4.22. The lowest BCUT2D eigenvalue weighted by Gasteiger charge is -2.07. The highest BCUT2D eigenvalue weighted by Gasteiger charge is 2.04.